The van der Waals surface area contributed by atoms with Crippen LogP contribution in [0.25, 0.3) is 0 Å². The zero-order valence-electron chi connectivity index (χ0n) is 20.1. The molecule has 0 heterocycles. The number of carbonyl (C=O) groups is 2. The first-order valence-corrected chi connectivity index (χ1v) is 12.4. The molecule has 34 heavy (non-hydrogen) atoms. The lowest BCUT2D eigenvalue weighted by Gasteiger charge is -2.19. The number of phenolic OH excluding ortho intramolecular Hbond substituents is 1. The summed E-state index contributed by atoms with van der Waals surface area (Å²) in [5.41, 5.74) is 6.85. The first-order valence-electron chi connectivity index (χ1n) is 12.4. The predicted octanol–water partition coefficient (Wildman–Crippen LogP) is 3.13. The topological polar surface area (TPSA) is 116 Å². The molecule has 0 aliphatic rings. The molecule has 2 amide bonds. The van der Waals surface area contributed by atoms with Crippen molar-refractivity contribution in [1.29, 1.82) is 0 Å². The molecule has 2 rings (SSSR count). The number of aromatic hydroxyl groups is 1. The summed E-state index contributed by atoms with van der Waals surface area (Å²) in [4.78, 5) is 25.5. The van der Waals surface area contributed by atoms with Gasteiger partial charge in [0.05, 0.1) is 0 Å². The molecule has 6 N–H and O–H groups in total. The lowest BCUT2D eigenvalue weighted by Crippen LogP contribution is -2.48. The van der Waals surface area contributed by atoms with Gasteiger partial charge in [0.2, 0.25) is 5.91 Å². The van der Waals surface area contributed by atoms with E-state index in [1.165, 1.54) is 19.3 Å². The third-order valence-corrected chi connectivity index (χ3v) is 5.67. The fourth-order valence-electron chi connectivity index (χ4n) is 3.68. The van der Waals surface area contributed by atoms with Gasteiger partial charge in [0.25, 0.3) is 5.91 Å². The smallest absolute Gasteiger partial charge is 0.251 e. The minimum atomic E-state index is -0.691. The van der Waals surface area contributed by atoms with Crippen molar-refractivity contribution in [2.45, 2.75) is 57.4 Å². The van der Waals surface area contributed by atoms with Crippen LogP contribution in [0.1, 0.15) is 60.9 Å². The minimum absolute atomic E-state index is 0.168. The normalized spacial score (nSPS) is 11.7. The molecule has 0 aliphatic heterocycles. The molecule has 0 saturated carbocycles. The fraction of sp³-hybridized carbons (Fsp3) is 0.481. The van der Waals surface area contributed by atoms with Crippen molar-refractivity contribution in [3.63, 3.8) is 0 Å². The number of hydrogen-bond donors (Lipinski definition) is 5. The number of rotatable bonds is 17. The molecule has 2 aromatic rings. The number of unbranched alkanes of at least 4 members (excludes halogenated alkanes) is 5. The molecule has 0 aliphatic carbocycles. The van der Waals surface area contributed by atoms with Gasteiger partial charge in [-0.2, -0.15) is 0 Å². The highest BCUT2D eigenvalue weighted by molar-refractivity contribution is 5.97. The Morgan fingerprint density at radius 2 is 1.41 bits per heavy atom. The number of nitrogens with two attached hydrogens (primary N) is 1. The molecule has 7 nitrogen and oxygen atoms in total. The van der Waals surface area contributed by atoms with Crippen LogP contribution in [0.2, 0.25) is 0 Å². The molecule has 0 saturated heterocycles. The zero-order valence-corrected chi connectivity index (χ0v) is 20.1. The zero-order chi connectivity index (χ0) is 24.4. The van der Waals surface area contributed by atoms with Crippen LogP contribution < -0.4 is 21.7 Å². The third kappa shape index (κ3) is 11.3. The van der Waals surface area contributed by atoms with Crippen LogP contribution in [-0.2, 0) is 11.2 Å². The van der Waals surface area contributed by atoms with E-state index in [1.54, 1.807) is 48.5 Å². The van der Waals surface area contributed by atoms with E-state index in [2.05, 4.69) is 16.0 Å². The van der Waals surface area contributed by atoms with Crippen LogP contribution >= 0.6 is 0 Å². The van der Waals surface area contributed by atoms with Gasteiger partial charge in [-0.25, -0.2) is 0 Å². The molecular formula is C27H40N4O3. The Kier molecular flexibility index (Phi) is 13.4. The van der Waals surface area contributed by atoms with Crippen molar-refractivity contribution in [2.24, 2.45) is 5.73 Å². The van der Waals surface area contributed by atoms with Gasteiger partial charge in [-0.05, 0) is 68.7 Å². The number of nitrogens with one attached hydrogen (secondary N) is 3. The Morgan fingerprint density at radius 1 is 0.794 bits per heavy atom. The van der Waals surface area contributed by atoms with Crippen LogP contribution in [-0.4, -0.2) is 49.1 Å². The molecule has 0 spiro atoms. The Balaban J connectivity index is 1.72. The van der Waals surface area contributed by atoms with Crippen molar-refractivity contribution in [3.05, 3.63) is 65.7 Å². The predicted molar refractivity (Wildman–Crippen MR) is 137 cm³/mol. The molecule has 0 bridgehead atoms. The van der Waals surface area contributed by atoms with Gasteiger partial charge >= 0.3 is 0 Å². The summed E-state index contributed by atoms with van der Waals surface area (Å²) in [5, 5.41) is 18.8. The van der Waals surface area contributed by atoms with Gasteiger partial charge < -0.3 is 26.8 Å². The molecule has 0 fully saturated rings. The second-order valence-corrected chi connectivity index (χ2v) is 8.57. The summed E-state index contributed by atoms with van der Waals surface area (Å²) < 4.78 is 0. The van der Waals surface area contributed by atoms with Crippen molar-refractivity contribution in [3.8, 4) is 5.75 Å². The van der Waals surface area contributed by atoms with Gasteiger partial charge in [0.1, 0.15) is 11.8 Å². The Morgan fingerprint density at radius 3 is 2.09 bits per heavy atom. The Bertz CT molecular complexity index is 828. The fourth-order valence-corrected chi connectivity index (χ4v) is 3.68. The van der Waals surface area contributed by atoms with E-state index in [0.29, 0.717) is 18.5 Å². The highest BCUT2D eigenvalue weighted by Crippen LogP contribution is 2.12. The standard InChI is InChI=1S/C27H40N4O3/c28-17-10-19-29-18-8-3-1-2-4-9-20-30-27(34)25(21-22-13-15-24(32)16-14-22)31-26(33)23-11-6-5-7-12-23/h5-7,11-16,25,29,32H,1-4,8-10,17-21,28H2,(H,30,34)(H,31,33)/t25-/m0/s1. The number of carbonyl (C=O) groups excluding carboxylic acids is 2. The van der Waals surface area contributed by atoms with Gasteiger partial charge in [-0.1, -0.05) is 56.0 Å². The molecule has 0 radical (unpaired) electrons. The summed E-state index contributed by atoms with van der Waals surface area (Å²) in [6.45, 7) is 3.37. The summed E-state index contributed by atoms with van der Waals surface area (Å²) in [6, 6.07) is 14.9. The van der Waals surface area contributed by atoms with Gasteiger partial charge in [0, 0.05) is 18.5 Å². The van der Waals surface area contributed by atoms with Crippen molar-refractivity contribution >= 4 is 11.8 Å². The molecule has 1 atom stereocenters. The average Bonchev–Trinajstić information content (AvgIpc) is 2.86. The Labute approximate surface area is 203 Å². The largest absolute Gasteiger partial charge is 0.508 e. The molecule has 0 aromatic heterocycles. The van der Waals surface area contributed by atoms with Crippen molar-refractivity contribution in [2.75, 3.05) is 26.2 Å². The highest BCUT2D eigenvalue weighted by atomic mass is 16.3. The molecule has 186 valence electrons. The quantitative estimate of drug-likeness (QED) is 0.229. The van der Waals surface area contributed by atoms with E-state index >= 15 is 0 Å². The van der Waals surface area contributed by atoms with Crippen LogP contribution in [0, 0.1) is 0 Å². The van der Waals surface area contributed by atoms with E-state index in [4.69, 9.17) is 5.73 Å². The van der Waals surface area contributed by atoms with Crippen molar-refractivity contribution in [1.82, 2.24) is 16.0 Å². The lowest BCUT2D eigenvalue weighted by molar-refractivity contribution is -0.122. The van der Waals surface area contributed by atoms with Gasteiger partial charge in [-0.3, -0.25) is 9.59 Å². The van der Waals surface area contributed by atoms with Crippen LogP contribution in [0.3, 0.4) is 0 Å². The first kappa shape index (κ1) is 27.3. The number of benzene rings is 2. The van der Waals surface area contributed by atoms with E-state index in [-0.39, 0.29) is 17.6 Å². The second-order valence-electron chi connectivity index (χ2n) is 8.57. The third-order valence-electron chi connectivity index (χ3n) is 5.67. The maximum absolute atomic E-state index is 12.9. The Hall–Kier alpha value is -2.90. The van der Waals surface area contributed by atoms with Gasteiger partial charge in [-0.15, -0.1) is 0 Å². The highest BCUT2D eigenvalue weighted by Gasteiger charge is 2.21. The molecule has 7 heteroatoms. The number of phenols is 1. The van der Waals surface area contributed by atoms with Crippen LogP contribution in [0.4, 0.5) is 0 Å². The maximum Gasteiger partial charge on any atom is 0.251 e. The van der Waals surface area contributed by atoms with Crippen molar-refractivity contribution < 1.29 is 14.7 Å². The maximum atomic E-state index is 12.9. The molecular weight excluding hydrogens is 428 g/mol. The monoisotopic (exact) mass is 468 g/mol. The number of amides is 2. The van der Waals surface area contributed by atoms with E-state index < -0.39 is 6.04 Å². The SMILES string of the molecule is NCCCNCCCCCCCCNC(=O)[C@H](Cc1ccc(O)cc1)NC(=O)c1ccccc1. The molecule has 2 aromatic carbocycles. The van der Waals surface area contributed by atoms with E-state index in [0.717, 1.165) is 50.9 Å². The molecule has 0 unspecified atom stereocenters. The summed E-state index contributed by atoms with van der Waals surface area (Å²) in [7, 11) is 0. The van der Waals surface area contributed by atoms with Crippen LogP contribution in [0.15, 0.2) is 54.6 Å². The first-order chi connectivity index (χ1) is 16.6. The summed E-state index contributed by atoms with van der Waals surface area (Å²) in [5.74, 6) is -0.307. The number of hydrogen-bond acceptors (Lipinski definition) is 5. The average molecular weight is 469 g/mol. The van der Waals surface area contributed by atoms with E-state index in [1.807, 2.05) is 6.07 Å². The van der Waals surface area contributed by atoms with Gasteiger partial charge in [0.15, 0.2) is 0 Å². The van der Waals surface area contributed by atoms with Crippen LogP contribution in [0.5, 0.6) is 5.75 Å². The lowest BCUT2D eigenvalue weighted by atomic mass is 10.0. The minimum Gasteiger partial charge on any atom is -0.508 e. The summed E-state index contributed by atoms with van der Waals surface area (Å²) in [6.07, 6.45) is 8.10. The summed E-state index contributed by atoms with van der Waals surface area (Å²) >= 11 is 0. The van der Waals surface area contributed by atoms with E-state index in [9.17, 15) is 14.7 Å². The second kappa shape index (κ2) is 16.7.